The number of aliphatic carboxylic acids is 1. The van der Waals surface area contributed by atoms with Crippen molar-refractivity contribution < 1.29 is 14.6 Å². The second-order valence-electron chi connectivity index (χ2n) is 4.23. The van der Waals surface area contributed by atoms with Crippen molar-refractivity contribution in [3.05, 3.63) is 29.8 Å². The highest BCUT2D eigenvalue weighted by molar-refractivity contribution is 5.66. The third-order valence-corrected chi connectivity index (χ3v) is 2.73. The Labute approximate surface area is 108 Å². The van der Waals surface area contributed by atoms with E-state index < -0.39 is 5.97 Å². The summed E-state index contributed by atoms with van der Waals surface area (Å²) in [5.74, 6) is 0.161. The average Bonchev–Trinajstić information content (AvgIpc) is 2.38. The van der Waals surface area contributed by atoms with Crippen LogP contribution in [-0.2, 0) is 11.3 Å². The molecule has 4 heteroatoms. The van der Waals surface area contributed by atoms with Crippen LogP contribution in [0.5, 0.6) is 5.75 Å². The van der Waals surface area contributed by atoms with Gasteiger partial charge in [-0.25, -0.2) is 0 Å². The smallest absolute Gasteiger partial charge is 0.303 e. The van der Waals surface area contributed by atoms with Crippen molar-refractivity contribution in [1.29, 1.82) is 0 Å². The van der Waals surface area contributed by atoms with E-state index in [4.69, 9.17) is 9.84 Å². The Morgan fingerprint density at radius 1 is 1.22 bits per heavy atom. The van der Waals surface area contributed by atoms with Crippen LogP contribution in [0.1, 0.15) is 31.2 Å². The van der Waals surface area contributed by atoms with Crippen LogP contribution in [0.15, 0.2) is 24.3 Å². The monoisotopic (exact) mass is 251 g/mol. The van der Waals surface area contributed by atoms with Gasteiger partial charge in [-0.05, 0) is 37.1 Å². The summed E-state index contributed by atoms with van der Waals surface area (Å²) in [6.07, 6.45) is 3.02. The number of ether oxygens (including phenoxy) is 1. The predicted octanol–water partition coefficient (Wildman–Crippen LogP) is 2.43. The van der Waals surface area contributed by atoms with E-state index in [0.717, 1.165) is 38.1 Å². The molecule has 1 aromatic rings. The quantitative estimate of drug-likeness (QED) is 0.662. The molecule has 1 rings (SSSR count). The van der Waals surface area contributed by atoms with Gasteiger partial charge in [0, 0.05) is 13.0 Å². The number of carboxylic acids is 1. The molecule has 18 heavy (non-hydrogen) atoms. The number of rotatable bonds is 9. The second kappa shape index (κ2) is 8.53. The molecule has 0 saturated heterocycles. The van der Waals surface area contributed by atoms with Gasteiger partial charge in [-0.2, -0.15) is 0 Å². The molecule has 0 aliphatic carbocycles. The molecule has 0 radical (unpaired) electrons. The van der Waals surface area contributed by atoms with Crippen LogP contribution in [0, 0.1) is 0 Å². The maximum absolute atomic E-state index is 10.3. The first-order valence-corrected chi connectivity index (χ1v) is 6.28. The number of benzene rings is 1. The highest BCUT2D eigenvalue weighted by Gasteiger charge is 1.97. The van der Waals surface area contributed by atoms with Gasteiger partial charge < -0.3 is 15.2 Å². The van der Waals surface area contributed by atoms with Gasteiger partial charge in [0.15, 0.2) is 0 Å². The Bertz CT molecular complexity index is 349. The molecule has 0 unspecified atom stereocenters. The fourth-order valence-electron chi connectivity index (χ4n) is 1.68. The third kappa shape index (κ3) is 6.25. The number of nitrogens with one attached hydrogen (secondary N) is 1. The molecule has 4 nitrogen and oxygen atoms in total. The van der Waals surface area contributed by atoms with Crippen LogP contribution in [-0.4, -0.2) is 24.7 Å². The van der Waals surface area contributed by atoms with Gasteiger partial charge in [-0.3, -0.25) is 4.79 Å². The summed E-state index contributed by atoms with van der Waals surface area (Å²) >= 11 is 0. The van der Waals surface area contributed by atoms with Crippen molar-refractivity contribution >= 4 is 5.97 Å². The van der Waals surface area contributed by atoms with Gasteiger partial charge >= 0.3 is 5.97 Å². The fourth-order valence-corrected chi connectivity index (χ4v) is 1.68. The Morgan fingerprint density at radius 2 is 1.94 bits per heavy atom. The van der Waals surface area contributed by atoms with Crippen molar-refractivity contribution in [3.63, 3.8) is 0 Å². The van der Waals surface area contributed by atoms with Crippen LogP contribution in [0.25, 0.3) is 0 Å². The third-order valence-electron chi connectivity index (χ3n) is 2.73. The Morgan fingerprint density at radius 3 is 2.56 bits per heavy atom. The first-order valence-electron chi connectivity index (χ1n) is 6.28. The zero-order valence-electron chi connectivity index (χ0n) is 10.8. The Balaban J connectivity index is 2.05. The summed E-state index contributed by atoms with van der Waals surface area (Å²) < 4.78 is 5.09. The van der Waals surface area contributed by atoms with E-state index in [9.17, 15) is 4.79 Å². The molecule has 0 fully saturated rings. The van der Waals surface area contributed by atoms with Crippen LogP contribution in [0.4, 0.5) is 0 Å². The topological polar surface area (TPSA) is 58.6 Å². The molecule has 0 heterocycles. The molecular formula is C14H21NO3. The first-order chi connectivity index (χ1) is 8.72. The van der Waals surface area contributed by atoms with Crippen LogP contribution in [0.3, 0.4) is 0 Å². The van der Waals surface area contributed by atoms with E-state index in [1.165, 1.54) is 5.56 Å². The van der Waals surface area contributed by atoms with Crippen LogP contribution < -0.4 is 10.1 Å². The largest absolute Gasteiger partial charge is 0.497 e. The first kappa shape index (κ1) is 14.5. The number of unbranched alkanes of at least 4 members (excludes halogenated alkanes) is 2. The number of carbonyl (C=O) groups is 1. The number of carboxylic acid groups (broad SMARTS) is 1. The molecule has 100 valence electrons. The summed E-state index contributed by atoms with van der Waals surface area (Å²) in [5, 5.41) is 11.8. The molecule has 0 saturated carbocycles. The number of methoxy groups -OCH3 is 1. The van der Waals surface area contributed by atoms with Crippen molar-refractivity contribution in [1.82, 2.24) is 5.32 Å². The minimum atomic E-state index is -0.707. The van der Waals surface area contributed by atoms with Crippen molar-refractivity contribution in [2.75, 3.05) is 13.7 Å². The summed E-state index contributed by atoms with van der Waals surface area (Å²) in [5.41, 5.74) is 1.22. The molecule has 0 amide bonds. The highest BCUT2D eigenvalue weighted by atomic mass is 16.5. The van der Waals surface area contributed by atoms with Crippen LogP contribution >= 0.6 is 0 Å². The van der Waals surface area contributed by atoms with E-state index in [1.54, 1.807) is 7.11 Å². The van der Waals surface area contributed by atoms with Gasteiger partial charge in [-0.1, -0.05) is 18.6 Å². The maximum atomic E-state index is 10.3. The minimum absolute atomic E-state index is 0.276. The fraction of sp³-hybridized carbons (Fsp3) is 0.500. The van der Waals surface area contributed by atoms with Gasteiger partial charge in [0.1, 0.15) is 5.75 Å². The molecule has 0 aliphatic rings. The molecule has 0 spiro atoms. The molecule has 2 N–H and O–H groups in total. The number of hydrogen-bond donors (Lipinski definition) is 2. The van der Waals surface area contributed by atoms with Crippen molar-refractivity contribution in [2.24, 2.45) is 0 Å². The average molecular weight is 251 g/mol. The summed E-state index contributed by atoms with van der Waals surface area (Å²) in [4.78, 5) is 10.3. The van der Waals surface area contributed by atoms with E-state index in [0.29, 0.717) is 0 Å². The molecular weight excluding hydrogens is 230 g/mol. The Hall–Kier alpha value is -1.55. The lowest BCUT2D eigenvalue weighted by Crippen LogP contribution is -2.14. The lowest BCUT2D eigenvalue weighted by molar-refractivity contribution is -0.137. The summed E-state index contributed by atoms with van der Waals surface area (Å²) in [7, 11) is 1.66. The van der Waals surface area contributed by atoms with Crippen LogP contribution in [0.2, 0.25) is 0 Å². The number of hydrogen-bond acceptors (Lipinski definition) is 3. The normalized spacial score (nSPS) is 10.3. The molecule has 1 aromatic carbocycles. The van der Waals surface area contributed by atoms with Gasteiger partial charge in [0.2, 0.25) is 0 Å². The highest BCUT2D eigenvalue weighted by Crippen LogP contribution is 2.10. The van der Waals surface area contributed by atoms with E-state index in [2.05, 4.69) is 5.32 Å². The molecule has 0 bridgehead atoms. The van der Waals surface area contributed by atoms with Gasteiger partial charge in [0.25, 0.3) is 0 Å². The van der Waals surface area contributed by atoms with E-state index in [1.807, 2.05) is 24.3 Å². The van der Waals surface area contributed by atoms with Crippen molar-refractivity contribution in [3.8, 4) is 5.75 Å². The van der Waals surface area contributed by atoms with E-state index >= 15 is 0 Å². The van der Waals surface area contributed by atoms with Gasteiger partial charge in [0.05, 0.1) is 7.11 Å². The predicted molar refractivity (Wildman–Crippen MR) is 70.8 cm³/mol. The lowest BCUT2D eigenvalue weighted by atomic mass is 10.2. The summed E-state index contributed by atoms with van der Waals surface area (Å²) in [6, 6.07) is 7.97. The van der Waals surface area contributed by atoms with Crippen molar-refractivity contribution in [2.45, 2.75) is 32.2 Å². The standard InChI is InChI=1S/C14H21NO3/c1-18-13-8-6-12(7-9-13)11-15-10-4-2-3-5-14(16)17/h6-9,15H,2-5,10-11H2,1H3,(H,16,17). The lowest BCUT2D eigenvalue weighted by Gasteiger charge is -2.05. The summed E-state index contributed by atoms with van der Waals surface area (Å²) in [6.45, 7) is 1.76. The Kier molecular flexibility index (Phi) is 6.87. The zero-order valence-corrected chi connectivity index (χ0v) is 10.8. The van der Waals surface area contributed by atoms with E-state index in [-0.39, 0.29) is 6.42 Å². The molecule has 0 aromatic heterocycles. The minimum Gasteiger partial charge on any atom is -0.497 e. The second-order valence-corrected chi connectivity index (χ2v) is 4.23. The molecule has 0 aliphatic heterocycles. The molecule has 0 atom stereocenters. The maximum Gasteiger partial charge on any atom is 0.303 e. The van der Waals surface area contributed by atoms with Gasteiger partial charge in [-0.15, -0.1) is 0 Å². The zero-order chi connectivity index (χ0) is 13.2. The SMILES string of the molecule is COc1ccc(CNCCCCCC(=O)O)cc1.